The summed E-state index contributed by atoms with van der Waals surface area (Å²) in [5.74, 6) is 0.482. The van der Waals surface area contributed by atoms with E-state index in [4.69, 9.17) is 0 Å². The summed E-state index contributed by atoms with van der Waals surface area (Å²) in [5, 5.41) is 3.07. The Hall–Kier alpha value is -1.32. The van der Waals surface area contributed by atoms with Crippen LogP contribution in [0.25, 0.3) is 0 Å². The number of carbonyl (C=O) groups excluding carboxylic acids is 1. The summed E-state index contributed by atoms with van der Waals surface area (Å²) in [6, 6.07) is 0.169. The van der Waals surface area contributed by atoms with Gasteiger partial charge < -0.3 is 9.88 Å². The molecule has 0 spiro atoms. The normalized spacial score (nSPS) is 18.6. The Labute approximate surface area is 96.1 Å². The summed E-state index contributed by atoms with van der Waals surface area (Å²) in [6.07, 6.45) is 9.97. The molecule has 1 fully saturated rings. The Morgan fingerprint density at radius 2 is 2.31 bits per heavy atom. The first-order valence-corrected chi connectivity index (χ1v) is 6.02. The quantitative estimate of drug-likeness (QED) is 0.839. The first-order chi connectivity index (χ1) is 7.75. The number of amides is 1. The van der Waals surface area contributed by atoms with Gasteiger partial charge in [-0.25, -0.2) is 4.98 Å². The molecule has 88 valence electrons. The van der Waals surface area contributed by atoms with Gasteiger partial charge in [0.05, 0.1) is 6.33 Å². The van der Waals surface area contributed by atoms with Crippen molar-refractivity contribution in [2.24, 2.45) is 5.92 Å². The van der Waals surface area contributed by atoms with Gasteiger partial charge in [-0.15, -0.1) is 0 Å². The van der Waals surface area contributed by atoms with Crippen molar-refractivity contribution in [2.75, 3.05) is 0 Å². The number of nitrogens with one attached hydrogen (secondary N) is 1. The van der Waals surface area contributed by atoms with Gasteiger partial charge in [-0.1, -0.05) is 12.8 Å². The molecule has 1 heterocycles. The summed E-state index contributed by atoms with van der Waals surface area (Å²) >= 11 is 0. The molecule has 0 saturated heterocycles. The van der Waals surface area contributed by atoms with Gasteiger partial charge in [0.25, 0.3) is 0 Å². The van der Waals surface area contributed by atoms with Crippen LogP contribution >= 0.6 is 0 Å². The molecule has 16 heavy (non-hydrogen) atoms. The van der Waals surface area contributed by atoms with E-state index in [1.165, 1.54) is 12.8 Å². The zero-order valence-corrected chi connectivity index (χ0v) is 9.72. The molecule has 1 saturated carbocycles. The number of hydrogen-bond donors (Lipinski definition) is 1. The van der Waals surface area contributed by atoms with Crippen LogP contribution in [-0.4, -0.2) is 21.5 Å². The van der Waals surface area contributed by atoms with Gasteiger partial charge >= 0.3 is 0 Å². The summed E-state index contributed by atoms with van der Waals surface area (Å²) in [7, 11) is 0. The predicted octanol–water partition coefficient (Wildman–Crippen LogP) is 1.58. The lowest BCUT2D eigenvalue weighted by Crippen LogP contribution is -2.38. The van der Waals surface area contributed by atoms with Crippen LogP contribution < -0.4 is 5.32 Å². The lowest BCUT2D eigenvalue weighted by molar-refractivity contribution is -0.125. The van der Waals surface area contributed by atoms with Crippen LogP contribution in [0.3, 0.4) is 0 Å². The highest BCUT2D eigenvalue weighted by Gasteiger charge is 2.23. The van der Waals surface area contributed by atoms with Crippen molar-refractivity contribution in [3.05, 3.63) is 18.7 Å². The Morgan fingerprint density at radius 3 is 2.94 bits per heavy atom. The second-order valence-electron chi connectivity index (χ2n) is 4.65. The maximum Gasteiger partial charge on any atom is 0.223 e. The Bertz CT molecular complexity index is 328. The van der Waals surface area contributed by atoms with E-state index < -0.39 is 0 Å². The highest BCUT2D eigenvalue weighted by molar-refractivity contribution is 5.79. The highest BCUT2D eigenvalue weighted by atomic mass is 16.1. The van der Waals surface area contributed by atoms with Crippen molar-refractivity contribution in [3.63, 3.8) is 0 Å². The zero-order chi connectivity index (χ0) is 11.4. The van der Waals surface area contributed by atoms with Crippen LogP contribution in [0.5, 0.6) is 0 Å². The third kappa shape index (κ3) is 2.84. The average Bonchev–Trinajstić information content (AvgIpc) is 2.88. The van der Waals surface area contributed by atoms with E-state index in [0.29, 0.717) is 0 Å². The molecule has 1 atom stereocenters. The zero-order valence-electron chi connectivity index (χ0n) is 9.72. The van der Waals surface area contributed by atoms with Crippen LogP contribution in [-0.2, 0) is 11.3 Å². The summed E-state index contributed by atoms with van der Waals surface area (Å²) in [6.45, 7) is 2.82. The van der Waals surface area contributed by atoms with Gasteiger partial charge in [-0.05, 0) is 19.8 Å². The number of hydrogen-bond acceptors (Lipinski definition) is 2. The maximum atomic E-state index is 11.8. The number of aromatic nitrogens is 2. The fourth-order valence-corrected chi connectivity index (χ4v) is 2.31. The largest absolute Gasteiger partial charge is 0.352 e. The van der Waals surface area contributed by atoms with E-state index >= 15 is 0 Å². The number of imidazole rings is 1. The molecule has 4 heteroatoms. The van der Waals surface area contributed by atoms with Gasteiger partial charge in [0.15, 0.2) is 0 Å². The van der Waals surface area contributed by atoms with Crippen molar-refractivity contribution in [2.45, 2.75) is 45.2 Å². The minimum absolute atomic E-state index is 0.169. The van der Waals surface area contributed by atoms with Crippen molar-refractivity contribution in [3.8, 4) is 0 Å². The first kappa shape index (κ1) is 11.2. The minimum Gasteiger partial charge on any atom is -0.352 e. The number of rotatable bonds is 4. The topological polar surface area (TPSA) is 46.9 Å². The molecule has 1 aromatic heterocycles. The van der Waals surface area contributed by atoms with E-state index in [1.807, 2.05) is 17.7 Å². The fraction of sp³-hybridized carbons (Fsp3) is 0.667. The summed E-state index contributed by atoms with van der Waals surface area (Å²) in [4.78, 5) is 15.8. The van der Waals surface area contributed by atoms with E-state index in [0.717, 1.165) is 19.4 Å². The van der Waals surface area contributed by atoms with Crippen molar-refractivity contribution in [1.29, 1.82) is 0 Å². The monoisotopic (exact) mass is 221 g/mol. The van der Waals surface area contributed by atoms with Gasteiger partial charge in [0, 0.05) is 30.9 Å². The predicted molar refractivity (Wildman–Crippen MR) is 61.8 cm³/mol. The number of nitrogens with zero attached hydrogens (tertiary/aromatic N) is 2. The van der Waals surface area contributed by atoms with Crippen molar-refractivity contribution < 1.29 is 4.79 Å². The van der Waals surface area contributed by atoms with Crippen molar-refractivity contribution >= 4 is 5.91 Å². The molecular weight excluding hydrogens is 202 g/mol. The van der Waals surface area contributed by atoms with Crippen molar-refractivity contribution in [1.82, 2.24) is 14.9 Å². The molecule has 0 unspecified atom stereocenters. The molecular formula is C12H19N3O. The first-order valence-electron chi connectivity index (χ1n) is 6.02. The molecule has 4 nitrogen and oxygen atoms in total. The second-order valence-corrected chi connectivity index (χ2v) is 4.65. The van der Waals surface area contributed by atoms with E-state index in [-0.39, 0.29) is 17.9 Å². The molecule has 1 amide bonds. The molecule has 0 radical (unpaired) electrons. The average molecular weight is 221 g/mol. The summed E-state index contributed by atoms with van der Waals surface area (Å²) < 4.78 is 1.99. The van der Waals surface area contributed by atoms with Crippen LogP contribution in [0, 0.1) is 5.92 Å². The third-order valence-corrected chi connectivity index (χ3v) is 3.16. The Balaban J connectivity index is 1.78. The molecule has 1 aliphatic rings. The fourth-order valence-electron chi connectivity index (χ4n) is 2.31. The second kappa shape index (κ2) is 5.14. The highest BCUT2D eigenvalue weighted by Crippen LogP contribution is 2.24. The molecule has 0 aromatic carbocycles. The molecule has 2 rings (SSSR count). The molecule has 1 aromatic rings. The summed E-state index contributed by atoms with van der Waals surface area (Å²) in [5.41, 5.74) is 0. The van der Waals surface area contributed by atoms with Crippen LogP contribution in [0.2, 0.25) is 0 Å². The van der Waals surface area contributed by atoms with E-state index in [1.54, 1.807) is 12.5 Å². The van der Waals surface area contributed by atoms with Crippen LogP contribution in [0.15, 0.2) is 18.7 Å². The number of carbonyl (C=O) groups is 1. The standard InChI is InChI=1S/C12H19N3O/c1-10(8-15-7-6-13-9-15)14-12(16)11-4-2-3-5-11/h6-7,9-11H,2-5,8H2,1H3,(H,14,16)/t10-/m0/s1. The Morgan fingerprint density at radius 1 is 1.56 bits per heavy atom. The van der Waals surface area contributed by atoms with E-state index in [2.05, 4.69) is 10.3 Å². The van der Waals surface area contributed by atoms with E-state index in [9.17, 15) is 4.79 Å². The van der Waals surface area contributed by atoms with Crippen LogP contribution in [0.4, 0.5) is 0 Å². The SMILES string of the molecule is C[C@@H](Cn1ccnc1)NC(=O)C1CCCC1. The molecule has 1 N–H and O–H groups in total. The lowest BCUT2D eigenvalue weighted by atomic mass is 10.1. The van der Waals surface area contributed by atoms with Gasteiger partial charge in [-0.2, -0.15) is 0 Å². The van der Waals surface area contributed by atoms with Gasteiger partial charge in [0.2, 0.25) is 5.91 Å². The molecule has 1 aliphatic carbocycles. The molecule has 0 bridgehead atoms. The lowest BCUT2D eigenvalue weighted by Gasteiger charge is -2.17. The Kier molecular flexibility index (Phi) is 3.59. The minimum atomic E-state index is 0.169. The third-order valence-electron chi connectivity index (χ3n) is 3.16. The van der Waals surface area contributed by atoms with Gasteiger partial charge in [-0.3, -0.25) is 4.79 Å². The smallest absolute Gasteiger partial charge is 0.223 e. The maximum absolute atomic E-state index is 11.8. The van der Waals surface area contributed by atoms with Gasteiger partial charge in [0.1, 0.15) is 0 Å². The van der Waals surface area contributed by atoms with Crippen LogP contribution in [0.1, 0.15) is 32.6 Å². The molecule has 0 aliphatic heterocycles.